The number of hydrogen-bond acceptors (Lipinski definition) is 4. The molecule has 0 aliphatic carbocycles. The summed E-state index contributed by atoms with van der Waals surface area (Å²) in [6.45, 7) is 2.61. The highest BCUT2D eigenvalue weighted by molar-refractivity contribution is 6.30. The van der Waals surface area contributed by atoms with Crippen molar-refractivity contribution in [3.8, 4) is 5.75 Å². The molecule has 1 aromatic carbocycles. The van der Waals surface area contributed by atoms with Crippen LogP contribution in [0.1, 0.15) is 28.6 Å². The molecule has 20 heavy (non-hydrogen) atoms. The fourth-order valence-corrected chi connectivity index (χ4v) is 2.70. The van der Waals surface area contributed by atoms with Crippen molar-refractivity contribution >= 4 is 11.6 Å². The first-order valence-corrected chi connectivity index (χ1v) is 6.99. The molecule has 0 amide bonds. The Hall–Kier alpha value is -1.65. The van der Waals surface area contributed by atoms with E-state index in [0.29, 0.717) is 13.0 Å². The third-order valence-corrected chi connectivity index (χ3v) is 3.66. The van der Waals surface area contributed by atoms with Crippen LogP contribution in [0.3, 0.4) is 0 Å². The average Bonchev–Trinajstić information content (AvgIpc) is 2.87. The zero-order chi connectivity index (χ0) is 14.1. The Bertz CT molecular complexity index is 628. The summed E-state index contributed by atoms with van der Waals surface area (Å²) in [6, 6.07) is 3.67. The normalized spacial score (nSPS) is 14.8. The number of benzene rings is 1. The molecule has 1 aromatic heterocycles. The monoisotopic (exact) mass is 289 g/mol. The molecule has 0 radical (unpaired) electrons. The zero-order valence-corrected chi connectivity index (χ0v) is 12.0. The Morgan fingerprint density at radius 2 is 2.20 bits per heavy atom. The van der Waals surface area contributed by atoms with E-state index in [-0.39, 0.29) is 6.04 Å². The molecule has 0 saturated heterocycles. The molecule has 4 nitrogen and oxygen atoms in total. The van der Waals surface area contributed by atoms with Gasteiger partial charge < -0.3 is 10.5 Å². The van der Waals surface area contributed by atoms with E-state index < -0.39 is 0 Å². The molecule has 2 N–H and O–H groups in total. The van der Waals surface area contributed by atoms with Crippen LogP contribution in [0.2, 0.25) is 5.02 Å². The lowest BCUT2D eigenvalue weighted by Gasteiger charge is -2.14. The van der Waals surface area contributed by atoms with Gasteiger partial charge in [-0.1, -0.05) is 11.6 Å². The summed E-state index contributed by atoms with van der Waals surface area (Å²) in [5.41, 5.74) is 10.1. The first-order valence-electron chi connectivity index (χ1n) is 6.61. The first kappa shape index (κ1) is 13.3. The van der Waals surface area contributed by atoms with Gasteiger partial charge in [-0.3, -0.25) is 9.97 Å². The second-order valence-electron chi connectivity index (χ2n) is 5.04. The minimum Gasteiger partial charge on any atom is -0.493 e. The van der Waals surface area contributed by atoms with E-state index in [0.717, 1.165) is 39.7 Å². The maximum Gasteiger partial charge on any atom is 0.125 e. The molecule has 0 bridgehead atoms. The second kappa shape index (κ2) is 5.38. The maximum atomic E-state index is 6.22. The average molecular weight is 290 g/mol. The number of nitrogens with two attached hydrogens (primary N) is 1. The number of aryl methyl sites for hydroxylation is 1. The smallest absolute Gasteiger partial charge is 0.125 e. The second-order valence-corrected chi connectivity index (χ2v) is 5.48. The van der Waals surface area contributed by atoms with Crippen molar-refractivity contribution in [2.24, 2.45) is 5.73 Å². The minimum atomic E-state index is -0.213. The van der Waals surface area contributed by atoms with Crippen molar-refractivity contribution in [2.75, 3.05) is 6.61 Å². The standard InChI is InChI=1S/C15H16ClN3O/c1-9-7-19-14(8-18-9)13(17)6-11-5-12(16)4-10-2-3-20-15(10)11/h4-5,7-8,13H,2-3,6,17H2,1H3. The first-order chi connectivity index (χ1) is 9.63. The molecular weight excluding hydrogens is 274 g/mol. The molecule has 2 heterocycles. The summed E-state index contributed by atoms with van der Waals surface area (Å²) < 4.78 is 5.69. The number of nitrogens with zero attached hydrogens (tertiary/aromatic N) is 2. The molecule has 0 spiro atoms. The van der Waals surface area contributed by atoms with Gasteiger partial charge in [0.2, 0.25) is 0 Å². The highest BCUT2D eigenvalue weighted by Gasteiger charge is 2.20. The summed E-state index contributed by atoms with van der Waals surface area (Å²) in [5, 5.41) is 0.728. The maximum absolute atomic E-state index is 6.22. The highest BCUT2D eigenvalue weighted by atomic mass is 35.5. The van der Waals surface area contributed by atoms with E-state index in [2.05, 4.69) is 9.97 Å². The predicted octanol–water partition coefficient (Wildman–Crippen LogP) is 2.62. The molecule has 2 aromatic rings. The van der Waals surface area contributed by atoms with Crippen LogP contribution in [0.5, 0.6) is 5.75 Å². The van der Waals surface area contributed by atoms with E-state index in [4.69, 9.17) is 22.1 Å². The molecule has 0 saturated carbocycles. The van der Waals surface area contributed by atoms with Gasteiger partial charge in [-0.2, -0.15) is 0 Å². The number of rotatable bonds is 3. The van der Waals surface area contributed by atoms with E-state index in [1.165, 1.54) is 0 Å². The summed E-state index contributed by atoms with van der Waals surface area (Å²) in [7, 11) is 0. The largest absolute Gasteiger partial charge is 0.493 e. The fraction of sp³-hybridized carbons (Fsp3) is 0.333. The lowest BCUT2D eigenvalue weighted by atomic mass is 10.0. The molecule has 1 atom stereocenters. The van der Waals surface area contributed by atoms with Crippen molar-refractivity contribution in [2.45, 2.75) is 25.8 Å². The van der Waals surface area contributed by atoms with E-state index in [1.807, 2.05) is 19.1 Å². The van der Waals surface area contributed by atoms with Gasteiger partial charge in [0.1, 0.15) is 5.75 Å². The third-order valence-electron chi connectivity index (χ3n) is 3.45. The Balaban J connectivity index is 1.86. The van der Waals surface area contributed by atoms with Crippen LogP contribution >= 0.6 is 11.6 Å². The van der Waals surface area contributed by atoms with Crippen molar-refractivity contribution in [1.82, 2.24) is 9.97 Å². The van der Waals surface area contributed by atoms with Gasteiger partial charge in [0, 0.05) is 17.6 Å². The number of hydrogen-bond donors (Lipinski definition) is 1. The van der Waals surface area contributed by atoms with Gasteiger partial charge in [-0.25, -0.2) is 0 Å². The Labute approximate surface area is 123 Å². The van der Waals surface area contributed by atoms with Gasteiger partial charge in [-0.05, 0) is 36.6 Å². The molecular formula is C15H16ClN3O. The van der Waals surface area contributed by atoms with Crippen LogP contribution in [0.25, 0.3) is 0 Å². The summed E-state index contributed by atoms with van der Waals surface area (Å²) in [4.78, 5) is 8.56. The molecule has 104 valence electrons. The zero-order valence-electron chi connectivity index (χ0n) is 11.3. The lowest BCUT2D eigenvalue weighted by Crippen LogP contribution is -2.16. The Kier molecular flexibility index (Phi) is 3.59. The summed E-state index contributed by atoms with van der Waals surface area (Å²) in [5.74, 6) is 0.935. The molecule has 1 unspecified atom stereocenters. The molecule has 5 heteroatoms. The minimum absolute atomic E-state index is 0.213. The summed E-state index contributed by atoms with van der Waals surface area (Å²) >= 11 is 6.15. The van der Waals surface area contributed by atoms with Crippen LogP contribution in [-0.4, -0.2) is 16.6 Å². The van der Waals surface area contributed by atoms with Crippen LogP contribution in [0.15, 0.2) is 24.5 Å². The number of aromatic nitrogens is 2. The number of halogens is 1. The van der Waals surface area contributed by atoms with Crippen molar-refractivity contribution < 1.29 is 4.74 Å². The lowest BCUT2D eigenvalue weighted by molar-refractivity contribution is 0.352. The number of ether oxygens (including phenoxy) is 1. The van der Waals surface area contributed by atoms with E-state index in [9.17, 15) is 0 Å². The SMILES string of the molecule is Cc1cnc(C(N)Cc2cc(Cl)cc3c2OCC3)cn1. The van der Waals surface area contributed by atoms with Gasteiger partial charge in [0.25, 0.3) is 0 Å². The van der Waals surface area contributed by atoms with Gasteiger partial charge >= 0.3 is 0 Å². The van der Waals surface area contributed by atoms with Crippen LogP contribution in [0.4, 0.5) is 0 Å². The van der Waals surface area contributed by atoms with Gasteiger partial charge in [0.15, 0.2) is 0 Å². The highest BCUT2D eigenvalue weighted by Crippen LogP contribution is 2.34. The summed E-state index contributed by atoms with van der Waals surface area (Å²) in [6.07, 6.45) is 5.00. The van der Waals surface area contributed by atoms with Gasteiger partial charge in [0.05, 0.1) is 30.2 Å². The molecule has 3 rings (SSSR count). The predicted molar refractivity (Wildman–Crippen MR) is 78.1 cm³/mol. The molecule has 1 aliphatic rings. The molecule has 1 aliphatic heterocycles. The third kappa shape index (κ3) is 2.62. The van der Waals surface area contributed by atoms with Crippen LogP contribution < -0.4 is 10.5 Å². The van der Waals surface area contributed by atoms with E-state index >= 15 is 0 Å². The van der Waals surface area contributed by atoms with Crippen LogP contribution in [0, 0.1) is 6.92 Å². The quantitative estimate of drug-likeness (QED) is 0.943. The Morgan fingerprint density at radius 3 is 2.95 bits per heavy atom. The van der Waals surface area contributed by atoms with E-state index in [1.54, 1.807) is 12.4 Å². The van der Waals surface area contributed by atoms with Gasteiger partial charge in [-0.15, -0.1) is 0 Å². The number of fused-ring (bicyclic) bond motifs is 1. The van der Waals surface area contributed by atoms with Crippen LogP contribution in [-0.2, 0) is 12.8 Å². The topological polar surface area (TPSA) is 61.0 Å². The molecule has 0 fully saturated rings. The van der Waals surface area contributed by atoms with Crippen molar-refractivity contribution in [3.05, 3.63) is 52.1 Å². The van der Waals surface area contributed by atoms with Crippen molar-refractivity contribution in [3.63, 3.8) is 0 Å². The Morgan fingerprint density at radius 1 is 1.35 bits per heavy atom. The van der Waals surface area contributed by atoms with Crippen molar-refractivity contribution in [1.29, 1.82) is 0 Å². The fourth-order valence-electron chi connectivity index (χ4n) is 2.43.